The molecule has 0 unspecified atom stereocenters. The van der Waals surface area contributed by atoms with Gasteiger partial charge in [0.1, 0.15) is 0 Å². The Labute approximate surface area is 148 Å². The second-order valence-electron chi connectivity index (χ2n) is 6.83. The minimum absolute atomic E-state index is 0.0587. The van der Waals surface area contributed by atoms with Gasteiger partial charge in [-0.1, -0.05) is 0 Å². The zero-order valence-electron chi connectivity index (χ0n) is 15.1. The van der Waals surface area contributed by atoms with Crippen LogP contribution in [0.4, 0.5) is 0 Å². The predicted molar refractivity (Wildman–Crippen MR) is 94.5 cm³/mol. The second kappa shape index (κ2) is 7.74. The molecule has 1 fully saturated rings. The molecule has 0 bridgehead atoms. The summed E-state index contributed by atoms with van der Waals surface area (Å²) in [6, 6.07) is 2.71. The van der Waals surface area contributed by atoms with Gasteiger partial charge in [-0.3, -0.25) is 24.3 Å². The molecule has 25 heavy (non-hydrogen) atoms. The summed E-state index contributed by atoms with van der Waals surface area (Å²) in [5.74, 6) is -0.0587. The highest BCUT2D eigenvalue weighted by Crippen LogP contribution is 2.32. The number of nitrogens with one attached hydrogen (secondary N) is 1. The lowest BCUT2D eigenvalue weighted by Gasteiger charge is -2.25. The van der Waals surface area contributed by atoms with E-state index in [0.717, 1.165) is 37.3 Å². The number of aromatic nitrogens is 4. The molecule has 1 N–H and O–H groups in total. The molecule has 1 atom stereocenters. The number of carbonyl (C=O) groups is 1. The van der Waals surface area contributed by atoms with Gasteiger partial charge in [-0.05, 0) is 39.3 Å². The van der Waals surface area contributed by atoms with E-state index in [-0.39, 0.29) is 11.9 Å². The lowest BCUT2D eigenvalue weighted by atomic mass is 10.1. The molecule has 1 amide bonds. The molecule has 3 heterocycles. The number of nitrogens with zero attached hydrogens (tertiary/aromatic N) is 5. The molecule has 0 spiro atoms. The van der Waals surface area contributed by atoms with Crippen molar-refractivity contribution in [2.24, 2.45) is 0 Å². The minimum Gasteiger partial charge on any atom is -0.351 e. The third-order valence-electron chi connectivity index (χ3n) is 4.53. The van der Waals surface area contributed by atoms with Crippen molar-refractivity contribution in [2.45, 2.75) is 58.8 Å². The number of hydrogen-bond acceptors (Lipinski definition) is 5. The molecule has 0 radical (unpaired) electrons. The van der Waals surface area contributed by atoms with Gasteiger partial charge in [0.25, 0.3) is 0 Å². The van der Waals surface area contributed by atoms with Crippen molar-refractivity contribution >= 4 is 5.91 Å². The third kappa shape index (κ3) is 4.22. The molecule has 0 aliphatic carbocycles. The molecule has 1 saturated heterocycles. The lowest BCUT2D eigenvalue weighted by Crippen LogP contribution is -2.26. The van der Waals surface area contributed by atoms with E-state index in [1.54, 1.807) is 6.20 Å². The van der Waals surface area contributed by atoms with Crippen molar-refractivity contribution in [1.29, 1.82) is 0 Å². The first-order chi connectivity index (χ1) is 12.0. The summed E-state index contributed by atoms with van der Waals surface area (Å²) in [4.78, 5) is 22.6. The molecule has 7 nitrogen and oxygen atoms in total. The Bertz CT molecular complexity index is 726. The normalized spacial score (nSPS) is 18.0. The summed E-state index contributed by atoms with van der Waals surface area (Å²) < 4.78 is 2.08. The maximum atomic E-state index is 11.1. The fourth-order valence-corrected chi connectivity index (χ4v) is 3.37. The highest BCUT2D eigenvalue weighted by molar-refractivity contribution is 5.72. The molecular formula is C18H26N6O. The second-order valence-corrected chi connectivity index (χ2v) is 6.83. The summed E-state index contributed by atoms with van der Waals surface area (Å²) in [7, 11) is 0. The summed E-state index contributed by atoms with van der Waals surface area (Å²) in [5, 5.41) is 7.21. The largest absolute Gasteiger partial charge is 0.351 e. The number of likely N-dealkylation sites (tertiary alicyclic amines) is 1. The van der Waals surface area contributed by atoms with Gasteiger partial charge in [0.2, 0.25) is 5.91 Å². The maximum Gasteiger partial charge on any atom is 0.217 e. The summed E-state index contributed by atoms with van der Waals surface area (Å²) >= 11 is 0. The van der Waals surface area contributed by atoms with Crippen molar-refractivity contribution in [3.05, 3.63) is 41.7 Å². The van der Waals surface area contributed by atoms with Crippen LogP contribution in [0.5, 0.6) is 0 Å². The zero-order valence-corrected chi connectivity index (χ0v) is 15.1. The van der Waals surface area contributed by atoms with Crippen molar-refractivity contribution in [3.63, 3.8) is 0 Å². The molecule has 3 rings (SSSR count). The molecule has 0 aromatic carbocycles. The summed E-state index contributed by atoms with van der Waals surface area (Å²) in [6.07, 6.45) is 7.66. The molecule has 1 aliphatic heterocycles. The Morgan fingerprint density at radius 1 is 1.40 bits per heavy atom. The van der Waals surface area contributed by atoms with Crippen LogP contribution in [0.1, 0.15) is 62.8 Å². The van der Waals surface area contributed by atoms with Gasteiger partial charge in [0, 0.05) is 25.7 Å². The minimum atomic E-state index is -0.0587. The van der Waals surface area contributed by atoms with E-state index in [2.05, 4.69) is 44.9 Å². The van der Waals surface area contributed by atoms with Crippen LogP contribution in [0.2, 0.25) is 0 Å². The number of amides is 1. The van der Waals surface area contributed by atoms with Crippen molar-refractivity contribution in [1.82, 2.24) is 30.0 Å². The van der Waals surface area contributed by atoms with Gasteiger partial charge < -0.3 is 5.32 Å². The Kier molecular flexibility index (Phi) is 5.43. The van der Waals surface area contributed by atoms with Crippen LogP contribution in [0.3, 0.4) is 0 Å². The molecule has 1 aliphatic rings. The van der Waals surface area contributed by atoms with Gasteiger partial charge in [-0.15, -0.1) is 0 Å². The summed E-state index contributed by atoms with van der Waals surface area (Å²) in [5.41, 5.74) is 3.01. The molecule has 0 saturated carbocycles. The molecule has 2 aromatic rings. The predicted octanol–water partition coefficient (Wildman–Crippen LogP) is 2.23. The van der Waals surface area contributed by atoms with Crippen molar-refractivity contribution in [2.75, 3.05) is 6.54 Å². The summed E-state index contributed by atoms with van der Waals surface area (Å²) in [6.45, 7) is 8.13. The van der Waals surface area contributed by atoms with Gasteiger partial charge in [0.05, 0.1) is 42.1 Å². The first-order valence-corrected chi connectivity index (χ1v) is 8.86. The van der Waals surface area contributed by atoms with Gasteiger partial charge >= 0.3 is 0 Å². The first kappa shape index (κ1) is 17.5. The van der Waals surface area contributed by atoms with E-state index in [1.807, 2.05) is 12.4 Å². The number of carbonyl (C=O) groups excluding carboxylic acids is 1. The standard InChI is InChI=1S/C18H26N6O/c1-13(2)24-16(6-7-21-24)12-23-8-4-5-18(23)17-11-19-9-15(22-17)10-20-14(3)25/h6-7,9,11,13,18H,4-5,8,10,12H2,1-3H3,(H,20,25)/t18-/m1/s1. The van der Waals surface area contributed by atoms with E-state index >= 15 is 0 Å². The Balaban J connectivity index is 1.74. The van der Waals surface area contributed by atoms with Gasteiger partial charge in [-0.2, -0.15) is 5.10 Å². The lowest BCUT2D eigenvalue weighted by molar-refractivity contribution is -0.119. The Morgan fingerprint density at radius 3 is 3.00 bits per heavy atom. The van der Waals surface area contributed by atoms with Crippen LogP contribution in [0.15, 0.2) is 24.7 Å². The molecular weight excluding hydrogens is 316 g/mol. The van der Waals surface area contributed by atoms with E-state index in [1.165, 1.54) is 12.6 Å². The van der Waals surface area contributed by atoms with Gasteiger partial charge in [0.15, 0.2) is 0 Å². The maximum absolute atomic E-state index is 11.1. The highest BCUT2D eigenvalue weighted by Gasteiger charge is 2.28. The number of rotatable bonds is 6. The molecule has 134 valence electrons. The average molecular weight is 342 g/mol. The Hall–Kier alpha value is -2.28. The van der Waals surface area contributed by atoms with Crippen LogP contribution in [-0.4, -0.2) is 37.1 Å². The quantitative estimate of drug-likeness (QED) is 0.871. The highest BCUT2D eigenvalue weighted by atomic mass is 16.1. The monoisotopic (exact) mass is 342 g/mol. The van der Waals surface area contributed by atoms with Crippen molar-refractivity contribution < 1.29 is 4.79 Å². The Morgan fingerprint density at radius 2 is 2.24 bits per heavy atom. The van der Waals surface area contributed by atoms with E-state index in [4.69, 9.17) is 4.98 Å². The topological polar surface area (TPSA) is 75.9 Å². The fraction of sp³-hybridized carbons (Fsp3) is 0.556. The average Bonchev–Trinajstić information content (AvgIpc) is 3.23. The first-order valence-electron chi connectivity index (χ1n) is 8.86. The molecule has 7 heteroatoms. The van der Waals surface area contributed by atoms with Gasteiger partial charge in [-0.25, -0.2) is 0 Å². The van der Waals surface area contributed by atoms with E-state index in [9.17, 15) is 4.79 Å². The van der Waals surface area contributed by atoms with Crippen LogP contribution in [0, 0.1) is 0 Å². The van der Waals surface area contributed by atoms with Crippen LogP contribution < -0.4 is 5.32 Å². The smallest absolute Gasteiger partial charge is 0.217 e. The SMILES string of the molecule is CC(=O)NCc1cncc([C@H]2CCCN2Cc2ccnn2C(C)C)n1. The van der Waals surface area contributed by atoms with Crippen LogP contribution in [0.25, 0.3) is 0 Å². The third-order valence-corrected chi connectivity index (χ3v) is 4.53. The van der Waals surface area contributed by atoms with Crippen LogP contribution in [-0.2, 0) is 17.9 Å². The number of hydrogen-bond donors (Lipinski definition) is 1. The molecule has 2 aromatic heterocycles. The zero-order chi connectivity index (χ0) is 17.8. The van der Waals surface area contributed by atoms with Crippen molar-refractivity contribution in [3.8, 4) is 0 Å². The van der Waals surface area contributed by atoms with Crippen LogP contribution >= 0.6 is 0 Å². The fourth-order valence-electron chi connectivity index (χ4n) is 3.37. The van der Waals surface area contributed by atoms with E-state index < -0.39 is 0 Å². The van der Waals surface area contributed by atoms with E-state index in [0.29, 0.717) is 12.6 Å².